The highest BCUT2D eigenvalue weighted by molar-refractivity contribution is 7.78. The van der Waals surface area contributed by atoms with Crippen molar-refractivity contribution in [3.63, 3.8) is 0 Å². The average molecular weight is 271 g/mol. The summed E-state index contributed by atoms with van der Waals surface area (Å²) in [5, 5.41) is 12.9. The molecule has 0 fully saturated rings. The minimum atomic E-state index is 0.146. The lowest BCUT2D eigenvalue weighted by molar-refractivity contribution is 0.339. The van der Waals surface area contributed by atoms with E-state index in [1.165, 1.54) is 4.09 Å². The predicted molar refractivity (Wildman–Crippen MR) is 77.5 cm³/mol. The maximum Gasteiger partial charge on any atom is 0.234 e. The van der Waals surface area contributed by atoms with Crippen molar-refractivity contribution in [3.8, 4) is 23.8 Å². The molecule has 5 heteroatoms. The highest BCUT2D eigenvalue weighted by Crippen LogP contribution is 2.16. The van der Waals surface area contributed by atoms with Crippen molar-refractivity contribution < 1.29 is 4.74 Å². The molecule has 0 saturated heterocycles. The van der Waals surface area contributed by atoms with Crippen LogP contribution in [0.15, 0.2) is 48.2 Å². The van der Waals surface area contributed by atoms with Gasteiger partial charge in [-0.1, -0.05) is 25.2 Å². The van der Waals surface area contributed by atoms with Crippen molar-refractivity contribution in [1.29, 1.82) is 5.26 Å². The molecule has 0 bridgehead atoms. The van der Waals surface area contributed by atoms with Gasteiger partial charge in [0.15, 0.2) is 0 Å². The third-order valence-corrected chi connectivity index (χ3v) is 2.43. The van der Waals surface area contributed by atoms with Crippen LogP contribution < -0.4 is 4.74 Å². The van der Waals surface area contributed by atoms with Crippen molar-refractivity contribution >= 4 is 12.8 Å². The number of ether oxygens (including phenoxy) is 1. The van der Waals surface area contributed by atoms with Gasteiger partial charge in [-0.15, -0.1) is 11.0 Å². The zero-order chi connectivity index (χ0) is 14.3. The summed E-state index contributed by atoms with van der Waals surface area (Å²) in [5.41, 5.74) is 1.52. The molecule has 4 nitrogen and oxygen atoms in total. The molecule has 1 aromatic rings. The highest BCUT2D eigenvalue weighted by Gasteiger charge is 2.09. The fourth-order valence-electron chi connectivity index (χ4n) is 1.30. The summed E-state index contributed by atoms with van der Waals surface area (Å²) in [7, 11) is 0. The van der Waals surface area contributed by atoms with E-state index >= 15 is 0 Å². The van der Waals surface area contributed by atoms with Crippen molar-refractivity contribution in [2.45, 2.75) is 6.92 Å². The highest BCUT2D eigenvalue weighted by atomic mass is 32.1. The van der Waals surface area contributed by atoms with Gasteiger partial charge in [-0.2, -0.15) is 5.26 Å². The number of allylic oxidation sites excluding steroid dienone is 2. The van der Waals surface area contributed by atoms with E-state index in [0.29, 0.717) is 22.6 Å². The van der Waals surface area contributed by atoms with E-state index in [2.05, 4.69) is 42.9 Å². The molecule has 96 valence electrons. The lowest BCUT2D eigenvalue weighted by atomic mass is 10.0. The largest absolute Gasteiger partial charge is 0.472 e. The first-order chi connectivity index (χ1) is 9.12. The zero-order valence-electron chi connectivity index (χ0n) is 10.6. The van der Waals surface area contributed by atoms with Gasteiger partial charge in [0.05, 0.1) is 11.6 Å². The third-order valence-electron chi connectivity index (χ3n) is 2.20. The second-order valence-corrected chi connectivity index (χ2v) is 3.83. The molecule has 0 N–H and O–H groups in total. The molecule has 0 unspecified atom stereocenters. The molecule has 0 radical (unpaired) electrons. The maximum atomic E-state index is 8.97. The molecule has 19 heavy (non-hydrogen) atoms. The Hall–Kier alpha value is -2.37. The molecule has 1 heterocycles. The molecular formula is C14H13N3OS. The first-order valence-electron chi connectivity index (χ1n) is 5.37. The second-order valence-electron chi connectivity index (χ2n) is 3.42. The van der Waals surface area contributed by atoms with E-state index in [9.17, 15) is 0 Å². The van der Waals surface area contributed by atoms with Gasteiger partial charge in [-0.25, -0.2) is 4.09 Å². The van der Waals surface area contributed by atoms with Crippen molar-refractivity contribution in [1.82, 2.24) is 9.19 Å². The Morgan fingerprint density at radius 3 is 2.89 bits per heavy atom. The first-order valence-corrected chi connectivity index (χ1v) is 5.77. The maximum absolute atomic E-state index is 8.97. The van der Waals surface area contributed by atoms with Crippen LogP contribution in [0, 0.1) is 23.2 Å². The van der Waals surface area contributed by atoms with Crippen LogP contribution in [0.2, 0.25) is 0 Å². The monoisotopic (exact) mass is 271 g/mol. The standard InChI is InChI=1S/C14H13N3OS/c1-4-6-12(5-2)13(11(3)9-15)10-18-14-7-8-17(19)16-14/h5,7-8,19H,2-3,10H2,1H3/b13-12+. The number of thiol groups is 1. The van der Waals surface area contributed by atoms with E-state index < -0.39 is 0 Å². The average Bonchev–Trinajstić information content (AvgIpc) is 2.82. The normalized spacial score (nSPS) is 10.6. The Morgan fingerprint density at radius 1 is 1.68 bits per heavy atom. The topological polar surface area (TPSA) is 50.8 Å². The van der Waals surface area contributed by atoms with E-state index in [-0.39, 0.29) is 6.61 Å². The van der Waals surface area contributed by atoms with Crippen LogP contribution >= 0.6 is 12.8 Å². The van der Waals surface area contributed by atoms with Gasteiger partial charge in [0, 0.05) is 23.4 Å². The van der Waals surface area contributed by atoms with Gasteiger partial charge in [0.2, 0.25) is 5.88 Å². The number of aromatic nitrogens is 2. The Kier molecular flexibility index (Phi) is 5.53. The zero-order valence-corrected chi connectivity index (χ0v) is 11.4. The second kappa shape index (κ2) is 7.15. The molecule has 0 aliphatic carbocycles. The van der Waals surface area contributed by atoms with Gasteiger partial charge >= 0.3 is 0 Å². The van der Waals surface area contributed by atoms with Crippen LogP contribution in [-0.4, -0.2) is 15.8 Å². The number of nitrogens with zero attached hydrogens (tertiary/aromatic N) is 3. The minimum Gasteiger partial charge on any atom is -0.472 e. The van der Waals surface area contributed by atoms with Crippen LogP contribution in [0.4, 0.5) is 0 Å². The molecule has 0 saturated carbocycles. The first kappa shape index (κ1) is 14.7. The molecule has 0 aromatic carbocycles. The van der Waals surface area contributed by atoms with Gasteiger partial charge < -0.3 is 4.74 Å². The molecule has 0 amide bonds. The van der Waals surface area contributed by atoms with Crippen molar-refractivity contribution in [2.24, 2.45) is 0 Å². The van der Waals surface area contributed by atoms with Crippen LogP contribution in [-0.2, 0) is 0 Å². The fourth-order valence-corrected chi connectivity index (χ4v) is 1.46. The summed E-state index contributed by atoms with van der Waals surface area (Å²) in [5.74, 6) is 6.04. The summed E-state index contributed by atoms with van der Waals surface area (Å²) in [6.07, 6.45) is 3.22. The summed E-state index contributed by atoms with van der Waals surface area (Å²) < 4.78 is 6.81. The lowest BCUT2D eigenvalue weighted by Crippen LogP contribution is -2.05. The summed E-state index contributed by atoms with van der Waals surface area (Å²) in [6.45, 7) is 9.22. The Morgan fingerprint density at radius 2 is 2.42 bits per heavy atom. The molecule has 0 spiro atoms. The third kappa shape index (κ3) is 4.09. The predicted octanol–water partition coefficient (Wildman–Crippen LogP) is 2.54. The van der Waals surface area contributed by atoms with E-state index in [0.717, 1.165) is 0 Å². The van der Waals surface area contributed by atoms with Crippen molar-refractivity contribution in [2.75, 3.05) is 6.61 Å². The molecule has 0 aliphatic rings. The number of hydrogen-bond donors (Lipinski definition) is 1. The fraction of sp³-hybridized carbons (Fsp3) is 0.143. The minimum absolute atomic E-state index is 0.146. The number of nitriles is 1. The number of rotatable bonds is 5. The Bertz CT molecular complexity index is 623. The van der Waals surface area contributed by atoms with Crippen LogP contribution in [0.5, 0.6) is 5.88 Å². The number of hydrogen-bond acceptors (Lipinski definition) is 4. The van der Waals surface area contributed by atoms with Gasteiger partial charge in [0.25, 0.3) is 0 Å². The SMILES string of the molecule is C=C/C(C#CC)=C(/COc1ccn(S)n1)C(=C)C#N. The Balaban J connectivity index is 2.98. The molecule has 0 aliphatic heterocycles. The quantitative estimate of drug-likeness (QED) is 0.387. The van der Waals surface area contributed by atoms with Crippen LogP contribution in [0.25, 0.3) is 0 Å². The van der Waals surface area contributed by atoms with E-state index in [4.69, 9.17) is 10.00 Å². The molecule has 0 atom stereocenters. The summed E-state index contributed by atoms with van der Waals surface area (Å²) in [6, 6.07) is 3.66. The summed E-state index contributed by atoms with van der Waals surface area (Å²) >= 11 is 4.01. The molecular weight excluding hydrogens is 258 g/mol. The van der Waals surface area contributed by atoms with Gasteiger partial charge in [-0.05, 0) is 19.7 Å². The molecule has 1 rings (SSSR count). The van der Waals surface area contributed by atoms with Crippen LogP contribution in [0.3, 0.4) is 0 Å². The van der Waals surface area contributed by atoms with E-state index in [1.807, 2.05) is 6.07 Å². The molecule has 1 aromatic heterocycles. The van der Waals surface area contributed by atoms with Gasteiger partial charge in [0.1, 0.15) is 6.61 Å². The van der Waals surface area contributed by atoms with E-state index in [1.54, 1.807) is 25.3 Å². The Labute approximate surface area is 118 Å². The van der Waals surface area contributed by atoms with Gasteiger partial charge in [-0.3, -0.25) is 0 Å². The summed E-state index contributed by atoms with van der Waals surface area (Å²) in [4.78, 5) is 0. The lowest BCUT2D eigenvalue weighted by Gasteiger charge is -2.08. The van der Waals surface area contributed by atoms with Crippen LogP contribution in [0.1, 0.15) is 6.92 Å². The van der Waals surface area contributed by atoms with Crippen molar-refractivity contribution in [3.05, 3.63) is 48.2 Å². The smallest absolute Gasteiger partial charge is 0.234 e.